The molecule has 16 heavy (non-hydrogen) atoms. The van der Waals surface area contributed by atoms with Crippen molar-refractivity contribution in [2.45, 2.75) is 18.6 Å². The fraction of sp³-hybridized carbons (Fsp3) is 0.727. The van der Waals surface area contributed by atoms with E-state index in [-0.39, 0.29) is 6.10 Å². The zero-order valence-electron chi connectivity index (χ0n) is 9.26. The van der Waals surface area contributed by atoms with Crippen molar-refractivity contribution in [2.75, 3.05) is 32.9 Å². The van der Waals surface area contributed by atoms with Gasteiger partial charge < -0.3 is 19.4 Å². The van der Waals surface area contributed by atoms with Gasteiger partial charge in [-0.15, -0.1) is 0 Å². The third kappa shape index (κ3) is 1.98. The SMILES string of the molecule is c1ncn(CC2COCCO2)c1C1CNC1. The predicted molar refractivity (Wildman–Crippen MR) is 58.4 cm³/mol. The Kier molecular flexibility index (Phi) is 2.90. The lowest BCUT2D eigenvalue weighted by molar-refractivity contribution is -0.0938. The molecule has 1 unspecified atom stereocenters. The molecule has 3 rings (SSSR count). The number of nitrogens with one attached hydrogen (secondary N) is 1. The summed E-state index contributed by atoms with van der Waals surface area (Å²) in [5.74, 6) is 0.618. The molecule has 1 aromatic rings. The molecule has 2 fully saturated rings. The predicted octanol–water partition coefficient (Wildman–Crippen LogP) is -0.0147. The highest BCUT2D eigenvalue weighted by Gasteiger charge is 2.24. The van der Waals surface area contributed by atoms with Crippen molar-refractivity contribution in [1.82, 2.24) is 14.9 Å². The molecule has 1 N–H and O–H groups in total. The van der Waals surface area contributed by atoms with Gasteiger partial charge in [-0.05, 0) is 0 Å². The lowest BCUT2D eigenvalue weighted by Crippen LogP contribution is -2.41. The molecule has 0 radical (unpaired) electrons. The van der Waals surface area contributed by atoms with Crippen LogP contribution in [-0.4, -0.2) is 48.6 Å². The van der Waals surface area contributed by atoms with Crippen LogP contribution in [0.25, 0.3) is 0 Å². The van der Waals surface area contributed by atoms with Gasteiger partial charge in [0.15, 0.2) is 0 Å². The zero-order valence-corrected chi connectivity index (χ0v) is 9.26. The van der Waals surface area contributed by atoms with Gasteiger partial charge in [0.25, 0.3) is 0 Å². The second-order valence-corrected chi connectivity index (χ2v) is 4.39. The summed E-state index contributed by atoms with van der Waals surface area (Å²) in [6.45, 7) is 5.10. The molecule has 5 nitrogen and oxygen atoms in total. The van der Waals surface area contributed by atoms with Crippen LogP contribution in [0.15, 0.2) is 12.5 Å². The van der Waals surface area contributed by atoms with Gasteiger partial charge in [-0.25, -0.2) is 4.98 Å². The number of aromatic nitrogens is 2. The Bertz CT molecular complexity index is 343. The number of rotatable bonds is 3. The Hall–Kier alpha value is -0.910. The van der Waals surface area contributed by atoms with Gasteiger partial charge in [-0.3, -0.25) is 0 Å². The van der Waals surface area contributed by atoms with Crippen LogP contribution in [0.4, 0.5) is 0 Å². The highest BCUT2D eigenvalue weighted by Crippen LogP contribution is 2.20. The van der Waals surface area contributed by atoms with Gasteiger partial charge in [0.2, 0.25) is 0 Å². The van der Waals surface area contributed by atoms with Crippen molar-refractivity contribution in [3.05, 3.63) is 18.2 Å². The summed E-state index contributed by atoms with van der Waals surface area (Å²) in [5, 5.41) is 3.28. The van der Waals surface area contributed by atoms with Crippen LogP contribution in [0.5, 0.6) is 0 Å². The van der Waals surface area contributed by atoms with Crippen molar-refractivity contribution >= 4 is 0 Å². The summed E-state index contributed by atoms with van der Waals surface area (Å²) in [6.07, 6.45) is 4.04. The van der Waals surface area contributed by atoms with Crippen molar-refractivity contribution in [3.8, 4) is 0 Å². The first-order valence-electron chi connectivity index (χ1n) is 5.83. The van der Waals surface area contributed by atoms with Crippen LogP contribution in [0.2, 0.25) is 0 Å². The second-order valence-electron chi connectivity index (χ2n) is 4.39. The van der Waals surface area contributed by atoms with Gasteiger partial charge in [-0.2, -0.15) is 0 Å². The summed E-state index contributed by atoms with van der Waals surface area (Å²) in [4.78, 5) is 4.23. The Balaban J connectivity index is 1.66. The first kappa shape index (κ1) is 10.3. The highest BCUT2D eigenvalue weighted by molar-refractivity contribution is 5.11. The van der Waals surface area contributed by atoms with E-state index in [1.54, 1.807) is 0 Å². The molecule has 0 amide bonds. The van der Waals surface area contributed by atoms with E-state index < -0.39 is 0 Å². The van der Waals surface area contributed by atoms with Crippen LogP contribution >= 0.6 is 0 Å². The van der Waals surface area contributed by atoms with Gasteiger partial charge in [0, 0.05) is 30.9 Å². The van der Waals surface area contributed by atoms with Gasteiger partial charge in [0.05, 0.1) is 38.8 Å². The van der Waals surface area contributed by atoms with E-state index in [0.29, 0.717) is 19.1 Å². The number of ether oxygens (including phenoxy) is 2. The van der Waals surface area contributed by atoms with E-state index in [9.17, 15) is 0 Å². The number of hydrogen-bond acceptors (Lipinski definition) is 4. The molecular formula is C11H17N3O2. The lowest BCUT2D eigenvalue weighted by Gasteiger charge is -2.29. The van der Waals surface area contributed by atoms with E-state index in [1.165, 1.54) is 5.69 Å². The third-order valence-electron chi connectivity index (χ3n) is 3.23. The van der Waals surface area contributed by atoms with E-state index >= 15 is 0 Å². The molecule has 2 aliphatic heterocycles. The summed E-state index contributed by atoms with van der Waals surface area (Å²) in [6, 6.07) is 0. The van der Waals surface area contributed by atoms with Crippen molar-refractivity contribution in [1.29, 1.82) is 0 Å². The first-order valence-corrected chi connectivity index (χ1v) is 5.83. The molecule has 3 heterocycles. The van der Waals surface area contributed by atoms with Gasteiger partial charge >= 0.3 is 0 Å². The molecule has 2 aliphatic rings. The normalized spacial score (nSPS) is 26.6. The van der Waals surface area contributed by atoms with Gasteiger partial charge in [0.1, 0.15) is 0 Å². The molecule has 88 valence electrons. The van der Waals surface area contributed by atoms with Crippen molar-refractivity contribution < 1.29 is 9.47 Å². The van der Waals surface area contributed by atoms with Crippen molar-refractivity contribution in [3.63, 3.8) is 0 Å². The third-order valence-corrected chi connectivity index (χ3v) is 3.23. The molecule has 0 bridgehead atoms. The van der Waals surface area contributed by atoms with Crippen LogP contribution in [0, 0.1) is 0 Å². The molecule has 0 saturated carbocycles. The smallest absolute Gasteiger partial charge is 0.0988 e. The Morgan fingerprint density at radius 3 is 3.06 bits per heavy atom. The van der Waals surface area contributed by atoms with E-state index in [1.807, 2.05) is 12.5 Å². The van der Waals surface area contributed by atoms with E-state index in [0.717, 1.165) is 26.2 Å². The summed E-state index contributed by atoms with van der Waals surface area (Å²) < 4.78 is 13.2. The van der Waals surface area contributed by atoms with Crippen LogP contribution in [0.3, 0.4) is 0 Å². The summed E-state index contributed by atoms with van der Waals surface area (Å²) in [7, 11) is 0. The maximum absolute atomic E-state index is 5.65. The fourth-order valence-corrected chi connectivity index (χ4v) is 2.18. The molecule has 0 aliphatic carbocycles. The summed E-state index contributed by atoms with van der Waals surface area (Å²) >= 11 is 0. The number of nitrogens with zero attached hydrogens (tertiary/aromatic N) is 2. The summed E-state index contributed by atoms with van der Waals surface area (Å²) in [5.41, 5.74) is 1.31. The number of hydrogen-bond donors (Lipinski definition) is 1. The molecule has 0 aromatic carbocycles. The highest BCUT2D eigenvalue weighted by atomic mass is 16.6. The minimum Gasteiger partial charge on any atom is -0.376 e. The molecular weight excluding hydrogens is 206 g/mol. The van der Waals surface area contributed by atoms with Gasteiger partial charge in [-0.1, -0.05) is 0 Å². The van der Waals surface area contributed by atoms with E-state index in [2.05, 4.69) is 14.9 Å². The molecule has 0 spiro atoms. The average molecular weight is 223 g/mol. The molecule has 2 saturated heterocycles. The van der Waals surface area contributed by atoms with E-state index in [4.69, 9.17) is 9.47 Å². The quantitative estimate of drug-likeness (QED) is 0.782. The van der Waals surface area contributed by atoms with Crippen LogP contribution < -0.4 is 5.32 Å². The maximum atomic E-state index is 5.65. The minimum atomic E-state index is 0.176. The lowest BCUT2D eigenvalue weighted by atomic mass is 10.00. The second kappa shape index (κ2) is 4.53. The Labute approximate surface area is 94.8 Å². The zero-order chi connectivity index (χ0) is 10.8. The van der Waals surface area contributed by atoms with Crippen LogP contribution in [-0.2, 0) is 16.0 Å². The molecule has 5 heteroatoms. The standard InChI is InChI=1S/C11H17N3O2/c1-2-16-10(7-15-1)6-14-8-13-5-11(14)9-3-12-4-9/h5,8-10,12H,1-4,6-7H2. The molecule has 1 atom stereocenters. The maximum Gasteiger partial charge on any atom is 0.0988 e. The van der Waals surface area contributed by atoms with Crippen LogP contribution in [0.1, 0.15) is 11.6 Å². The topological polar surface area (TPSA) is 48.3 Å². The minimum absolute atomic E-state index is 0.176. The number of imidazole rings is 1. The fourth-order valence-electron chi connectivity index (χ4n) is 2.18. The first-order chi connectivity index (χ1) is 7.93. The molecule has 1 aromatic heterocycles. The van der Waals surface area contributed by atoms with Crippen molar-refractivity contribution in [2.24, 2.45) is 0 Å². The Morgan fingerprint density at radius 2 is 2.38 bits per heavy atom. The Morgan fingerprint density at radius 1 is 1.44 bits per heavy atom. The average Bonchev–Trinajstić information content (AvgIpc) is 2.66. The largest absolute Gasteiger partial charge is 0.376 e. The monoisotopic (exact) mass is 223 g/mol.